The Morgan fingerprint density at radius 1 is 1.09 bits per heavy atom. The van der Waals surface area contributed by atoms with E-state index in [1.54, 1.807) is 12.4 Å². The maximum absolute atomic E-state index is 12.0. The van der Waals surface area contributed by atoms with E-state index in [9.17, 15) is 4.79 Å². The fourth-order valence-electron chi connectivity index (χ4n) is 4.27. The summed E-state index contributed by atoms with van der Waals surface area (Å²) in [4.78, 5) is 20.7. The zero-order valence-electron chi connectivity index (χ0n) is 18.0. The molecular formula is C23H25N9O. The SMILES string of the molecule is NC(=O)c1nnc(N[C@@H]2CCCC[C@@H]2N)nc1Nc1cccc2c1ccn2-c1cccnc1. The number of pyridine rings is 1. The molecule has 0 radical (unpaired) electrons. The number of primary amides is 1. The van der Waals surface area contributed by atoms with Gasteiger partial charge in [-0.15, -0.1) is 10.2 Å². The number of aromatic nitrogens is 5. The van der Waals surface area contributed by atoms with Crippen LogP contribution in [0.5, 0.6) is 0 Å². The van der Waals surface area contributed by atoms with Crippen molar-refractivity contribution in [3.63, 3.8) is 0 Å². The van der Waals surface area contributed by atoms with Gasteiger partial charge in [0.2, 0.25) is 5.95 Å². The van der Waals surface area contributed by atoms with Gasteiger partial charge in [-0.25, -0.2) is 0 Å². The summed E-state index contributed by atoms with van der Waals surface area (Å²) in [7, 11) is 0. The number of hydrogen-bond donors (Lipinski definition) is 4. The number of fused-ring (bicyclic) bond motifs is 1. The Labute approximate surface area is 190 Å². The minimum absolute atomic E-state index is 0.0237. The Morgan fingerprint density at radius 2 is 1.97 bits per heavy atom. The summed E-state index contributed by atoms with van der Waals surface area (Å²) in [6, 6.07) is 11.8. The minimum Gasteiger partial charge on any atom is -0.364 e. The lowest BCUT2D eigenvalue weighted by molar-refractivity contribution is 0.0995. The van der Waals surface area contributed by atoms with Gasteiger partial charge in [0.25, 0.3) is 5.91 Å². The van der Waals surface area contributed by atoms with Crippen LogP contribution in [0.3, 0.4) is 0 Å². The van der Waals surface area contributed by atoms with Crippen LogP contribution < -0.4 is 22.1 Å². The lowest BCUT2D eigenvalue weighted by Crippen LogP contribution is -2.43. The smallest absolute Gasteiger partial charge is 0.273 e. The predicted molar refractivity (Wildman–Crippen MR) is 127 cm³/mol. The van der Waals surface area contributed by atoms with Crippen LogP contribution in [0.25, 0.3) is 16.6 Å². The van der Waals surface area contributed by atoms with Crippen LogP contribution in [0, 0.1) is 0 Å². The summed E-state index contributed by atoms with van der Waals surface area (Å²) in [6.45, 7) is 0. The Balaban J connectivity index is 1.49. The molecule has 1 aliphatic carbocycles. The molecule has 0 saturated heterocycles. The summed E-state index contributed by atoms with van der Waals surface area (Å²) in [6.07, 6.45) is 9.61. The van der Waals surface area contributed by atoms with Crippen molar-refractivity contribution in [3.05, 3.63) is 60.7 Å². The van der Waals surface area contributed by atoms with E-state index in [4.69, 9.17) is 11.5 Å². The van der Waals surface area contributed by atoms with Gasteiger partial charge in [0, 0.05) is 35.6 Å². The molecule has 2 atom stereocenters. The van der Waals surface area contributed by atoms with Crippen molar-refractivity contribution in [2.75, 3.05) is 10.6 Å². The molecule has 4 aromatic rings. The van der Waals surface area contributed by atoms with Gasteiger partial charge in [-0.05, 0) is 43.2 Å². The van der Waals surface area contributed by atoms with E-state index in [-0.39, 0.29) is 23.6 Å². The number of nitrogens with one attached hydrogen (secondary N) is 2. The van der Waals surface area contributed by atoms with Crippen LogP contribution in [0.2, 0.25) is 0 Å². The van der Waals surface area contributed by atoms with Gasteiger partial charge in [-0.2, -0.15) is 4.98 Å². The first-order valence-electron chi connectivity index (χ1n) is 10.9. The van der Waals surface area contributed by atoms with E-state index in [0.29, 0.717) is 5.95 Å². The number of anilines is 3. The number of hydrogen-bond acceptors (Lipinski definition) is 8. The van der Waals surface area contributed by atoms with Crippen molar-refractivity contribution in [2.24, 2.45) is 11.5 Å². The number of benzene rings is 1. The van der Waals surface area contributed by atoms with Crippen LogP contribution >= 0.6 is 0 Å². The topological polar surface area (TPSA) is 150 Å². The first-order valence-corrected chi connectivity index (χ1v) is 10.9. The molecule has 5 rings (SSSR count). The molecule has 6 N–H and O–H groups in total. The van der Waals surface area contributed by atoms with Crippen LogP contribution in [0.15, 0.2) is 55.0 Å². The Morgan fingerprint density at radius 3 is 2.76 bits per heavy atom. The lowest BCUT2D eigenvalue weighted by atomic mass is 9.91. The van der Waals surface area contributed by atoms with E-state index in [0.717, 1.165) is 48.0 Å². The molecule has 3 heterocycles. The van der Waals surface area contributed by atoms with Crippen molar-refractivity contribution in [1.29, 1.82) is 0 Å². The largest absolute Gasteiger partial charge is 0.364 e. The zero-order valence-corrected chi connectivity index (χ0v) is 18.0. The van der Waals surface area contributed by atoms with E-state index >= 15 is 0 Å². The Hall–Kier alpha value is -4.05. The molecule has 3 aromatic heterocycles. The number of amides is 1. The number of carbonyl (C=O) groups is 1. The highest BCUT2D eigenvalue weighted by molar-refractivity contribution is 5.99. The standard InChI is InChI=1S/C23H25N9O/c24-16-6-1-2-7-18(16)28-23-29-22(20(21(25)33)30-31-23)27-17-8-3-9-19-15(17)10-12-32(19)14-5-4-11-26-13-14/h3-5,8-13,16,18H,1-2,6-7,24H2,(H2,25,33)(H2,27,28,29,31)/t16-,18+/m0/s1. The number of carbonyl (C=O) groups excluding carboxylic acids is 1. The number of nitrogens with zero attached hydrogens (tertiary/aromatic N) is 5. The third kappa shape index (κ3) is 4.20. The molecule has 1 aromatic carbocycles. The second-order valence-electron chi connectivity index (χ2n) is 8.16. The van der Waals surface area contributed by atoms with E-state index < -0.39 is 5.91 Å². The third-order valence-electron chi connectivity index (χ3n) is 5.96. The van der Waals surface area contributed by atoms with Gasteiger partial charge < -0.3 is 26.7 Å². The van der Waals surface area contributed by atoms with Gasteiger partial charge in [-0.1, -0.05) is 18.9 Å². The van der Waals surface area contributed by atoms with E-state index in [2.05, 4.69) is 30.8 Å². The minimum atomic E-state index is -0.710. The highest BCUT2D eigenvalue weighted by Crippen LogP contribution is 2.30. The molecule has 1 amide bonds. The maximum atomic E-state index is 12.0. The molecule has 1 saturated carbocycles. The molecule has 10 heteroatoms. The highest BCUT2D eigenvalue weighted by Gasteiger charge is 2.23. The number of nitrogens with two attached hydrogens (primary N) is 2. The molecular weight excluding hydrogens is 418 g/mol. The maximum Gasteiger partial charge on any atom is 0.273 e. The molecule has 0 unspecified atom stereocenters. The molecule has 1 fully saturated rings. The summed E-state index contributed by atoms with van der Waals surface area (Å²) >= 11 is 0. The second kappa shape index (κ2) is 8.83. The van der Waals surface area contributed by atoms with Gasteiger partial charge in [-0.3, -0.25) is 9.78 Å². The summed E-state index contributed by atoms with van der Waals surface area (Å²) in [5, 5.41) is 15.5. The second-order valence-corrected chi connectivity index (χ2v) is 8.16. The Kier molecular flexibility index (Phi) is 5.57. The lowest BCUT2D eigenvalue weighted by Gasteiger charge is -2.29. The van der Waals surface area contributed by atoms with Crippen LogP contribution in [0.1, 0.15) is 36.2 Å². The van der Waals surface area contributed by atoms with Crippen LogP contribution in [-0.2, 0) is 0 Å². The molecule has 0 aliphatic heterocycles. The van der Waals surface area contributed by atoms with Gasteiger partial charge in [0.05, 0.1) is 17.4 Å². The summed E-state index contributed by atoms with van der Waals surface area (Å²) < 4.78 is 2.04. The quantitative estimate of drug-likeness (QED) is 0.355. The molecule has 0 spiro atoms. The molecule has 10 nitrogen and oxygen atoms in total. The normalized spacial score (nSPS) is 18.2. The Bertz CT molecular complexity index is 1290. The fourth-order valence-corrected chi connectivity index (χ4v) is 4.27. The van der Waals surface area contributed by atoms with E-state index in [1.807, 2.05) is 47.2 Å². The molecule has 1 aliphatic rings. The van der Waals surface area contributed by atoms with Crippen LogP contribution in [-0.4, -0.2) is 42.7 Å². The van der Waals surface area contributed by atoms with Gasteiger partial charge in [0.15, 0.2) is 11.5 Å². The molecule has 33 heavy (non-hydrogen) atoms. The highest BCUT2D eigenvalue weighted by atomic mass is 16.1. The van der Waals surface area contributed by atoms with Crippen molar-refractivity contribution in [1.82, 2.24) is 24.7 Å². The van der Waals surface area contributed by atoms with Gasteiger partial charge >= 0.3 is 0 Å². The monoisotopic (exact) mass is 443 g/mol. The summed E-state index contributed by atoms with van der Waals surface area (Å²) in [5.41, 5.74) is 14.4. The van der Waals surface area contributed by atoms with E-state index in [1.165, 1.54) is 0 Å². The zero-order chi connectivity index (χ0) is 22.8. The fraction of sp³-hybridized carbons (Fsp3) is 0.261. The van der Waals surface area contributed by atoms with Crippen molar-refractivity contribution in [3.8, 4) is 5.69 Å². The molecule has 0 bridgehead atoms. The third-order valence-corrected chi connectivity index (χ3v) is 5.96. The average Bonchev–Trinajstić information content (AvgIpc) is 3.26. The molecule has 168 valence electrons. The number of rotatable bonds is 6. The van der Waals surface area contributed by atoms with Crippen molar-refractivity contribution < 1.29 is 4.79 Å². The van der Waals surface area contributed by atoms with Crippen LogP contribution in [0.4, 0.5) is 17.5 Å². The first-order chi connectivity index (χ1) is 16.1. The predicted octanol–water partition coefficient (Wildman–Crippen LogP) is 2.73. The summed E-state index contributed by atoms with van der Waals surface area (Å²) in [5.74, 6) is -0.158. The first kappa shape index (κ1) is 20.8. The van der Waals surface area contributed by atoms with Crippen molar-refractivity contribution in [2.45, 2.75) is 37.8 Å². The average molecular weight is 444 g/mol. The van der Waals surface area contributed by atoms with Crippen molar-refractivity contribution >= 4 is 34.3 Å². The van der Waals surface area contributed by atoms with Gasteiger partial charge in [0.1, 0.15) is 0 Å².